The second-order valence-electron chi connectivity index (χ2n) is 8.71. The Labute approximate surface area is 275 Å². The van der Waals surface area contributed by atoms with Crippen LogP contribution in [0.5, 0.6) is 11.5 Å². The van der Waals surface area contributed by atoms with Crippen LogP contribution in [0.25, 0.3) is 0 Å². The Balaban J connectivity index is 0.000000826. The van der Waals surface area contributed by atoms with Crippen molar-refractivity contribution in [3.05, 3.63) is 96.1 Å². The van der Waals surface area contributed by atoms with Crippen LogP contribution in [-0.4, -0.2) is 75.3 Å². The number of ether oxygens (including phenoxy) is 5. The molecule has 2 aromatic rings. The molecule has 0 aliphatic heterocycles. The molecule has 0 saturated heterocycles. The van der Waals surface area contributed by atoms with Crippen molar-refractivity contribution in [3.8, 4) is 11.5 Å². The normalized spacial score (nSPS) is 10.6. The maximum absolute atomic E-state index is 11.4. The molecule has 0 amide bonds. The van der Waals surface area contributed by atoms with Crippen molar-refractivity contribution in [1.29, 1.82) is 0 Å². The van der Waals surface area contributed by atoms with Crippen molar-refractivity contribution in [2.45, 2.75) is 33.9 Å². The van der Waals surface area contributed by atoms with E-state index in [9.17, 15) is 14.4 Å². The first-order valence-corrected chi connectivity index (χ1v) is 15.6. The molecule has 2 rings (SSSR count). The molecule has 0 aromatic heterocycles. The Kier molecular flexibility index (Phi) is 25.2. The number of alkyl halides is 1. The molecule has 10 nitrogen and oxygen atoms in total. The molecule has 0 bridgehead atoms. The predicted molar refractivity (Wildman–Crippen MR) is 180 cm³/mol. The lowest BCUT2D eigenvalue weighted by molar-refractivity contribution is -0.138. The molecule has 0 atom stereocenters. The summed E-state index contributed by atoms with van der Waals surface area (Å²) >= 11 is 3.13. The molecule has 0 spiro atoms. The van der Waals surface area contributed by atoms with Crippen molar-refractivity contribution in [1.82, 2.24) is 4.90 Å². The number of carbonyl (C=O) groups excluding carboxylic acids is 3. The molecular formula is C34H47BrN2O8. The van der Waals surface area contributed by atoms with Gasteiger partial charge in [-0.3, -0.25) is 4.90 Å². The van der Waals surface area contributed by atoms with E-state index in [1.165, 1.54) is 18.2 Å². The molecule has 0 saturated carbocycles. The maximum atomic E-state index is 11.4. The summed E-state index contributed by atoms with van der Waals surface area (Å²) < 4.78 is 24.5. The molecule has 45 heavy (non-hydrogen) atoms. The Morgan fingerprint density at radius 3 is 1.38 bits per heavy atom. The number of halogens is 1. The van der Waals surface area contributed by atoms with Crippen LogP contribution in [0.4, 0.5) is 0 Å². The molecule has 0 heterocycles. The predicted octanol–water partition coefficient (Wildman–Crippen LogP) is 5.39. The highest BCUT2D eigenvalue weighted by Crippen LogP contribution is 2.13. The molecule has 0 unspecified atom stereocenters. The number of methoxy groups -OCH3 is 2. The fourth-order valence-electron chi connectivity index (χ4n) is 3.26. The van der Waals surface area contributed by atoms with E-state index in [1.807, 2.05) is 48.5 Å². The lowest BCUT2D eigenvalue weighted by Gasteiger charge is -2.19. The third-order valence-electron chi connectivity index (χ3n) is 5.40. The van der Waals surface area contributed by atoms with E-state index >= 15 is 0 Å². The molecule has 2 N–H and O–H groups in total. The van der Waals surface area contributed by atoms with E-state index in [-0.39, 0.29) is 17.9 Å². The summed E-state index contributed by atoms with van der Waals surface area (Å²) in [5.41, 5.74) is 7.62. The summed E-state index contributed by atoms with van der Waals surface area (Å²) in [6.07, 6.45) is 9.43. The zero-order valence-electron chi connectivity index (χ0n) is 26.9. The average molecular weight is 692 g/mol. The zero-order chi connectivity index (χ0) is 33.7. The summed E-state index contributed by atoms with van der Waals surface area (Å²) in [7, 11) is 3.28. The van der Waals surface area contributed by atoms with E-state index in [0.717, 1.165) is 22.6 Å². The zero-order valence-corrected chi connectivity index (χ0v) is 28.5. The van der Waals surface area contributed by atoms with Crippen molar-refractivity contribution < 1.29 is 38.1 Å². The summed E-state index contributed by atoms with van der Waals surface area (Å²) in [6.45, 7) is 8.77. The van der Waals surface area contributed by atoms with Crippen LogP contribution in [0.15, 0.2) is 85.0 Å². The first kappa shape index (κ1) is 41.1. The monoisotopic (exact) mass is 690 g/mol. The molecule has 248 valence electrons. The van der Waals surface area contributed by atoms with Crippen LogP contribution < -0.4 is 15.2 Å². The Morgan fingerprint density at radius 1 is 0.667 bits per heavy atom. The van der Waals surface area contributed by atoms with Gasteiger partial charge in [-0.05, 0) is 56.2 Å². The summed E-state index contributed by atoms with van der Waals surface area (Å²) in [6, 6.07) is 15.5. The fraction of sp³-hybridized carbons (Fsp3) is 0.382. The summed E-state index contributed by atoms with van der Waals surface area (Å²) in [5.74, 6) is 0.664. The number of benzene rings is 2. The number of allylic oxidation sites excluding steroid dienone is 1. The molecule has 0 aliphatic rings. The van der Waals surface area contributed by atoms with E-state index in [4.69, 9.17) is 24.7 Å². The van der Waals surface area contributed by atoms with Gasteiger partial charge in [0.15, 0.2) is 0 Å². The average Bonchev–Trinajstić information content (AvgIpc) is 3.05. The van der Waals surface area contributed by atoms with Crippen LogP contribution in [0.3, 0.4) is 0 Å². The molecule has 2 aromatic carbocycles. The van der Waals surface area contributed by atoms with Crippen LogP contribution in [0, 0.1) is 0 Å². The second-order valence-corrected chi connectivity index (χ2v) is 9.36. The van der Waals surface area contributed by atoms with Gasteiger partial charge in [0.2, 0.25) is 0 Å². The Hall–Kier alpha value is -3.93. The maximum Gasteiger partial charge on any atom is 0.330 e. The van der Waals surface area contributed by atoms with Gasteiger partial charge in [0.05, 0.1) is 34.0 Å². The Bertz CT molecular complexity index is 1110. The van der Waals surface area contributed by atoms with Gasteiger partial charge in [0.1, 0.15) is 11.5 Å². The van der Waals surface area contributed by atoms with Crippen molar-refractivity contribution in [2.75, 3.05) is 52.5 Å². The summed E-state index contributed by atoms with van der Waals surface area (Å²) in [4.78, 5) is 35.4. The number of rotatable bonds is 16. The molecule has 11 heteroatoms. The highest BCUT2D eigenvalue weighted by molar-refractivity contribution is 9.09. The van der Waals surface area contributed by atoms with Gasteiger partial charge in [0.25, 0.3) is 0 Å². The minimum Gasteiger partial charge on any atom is -0.497 e. The van der Waals surface area contributed by atoms with Gasteiger partial charge < -0.3 is 29.4 Å². The molecule has 0 radical (unpaired) electrons. The SMILES string of the molecule is CCOC(=O)/C=C/CBr.CCOC(=O)/C=C/CN(C/C=C/C(=O)OCC)Cc1ccc(OC)cc1.COc1ccc(CN)cc1. The topological polar surface area (TPSA) is 127 Å². The first-order chi connectivity index (χ1) is 21.8. The number of carbonyl (C=O) groups is 3. The van der Waals surface area contributed by atoms with Gasteiger partial charge in [-0.25, -0.2) is 14.4 Å². The Morgan fingerprint density at radius 2 is 1.04 bits per heavy atom. The lowest BCUT2D eigenvalue weighted by Crippen LogP contribution is -2.24. The minimum absolute atomic E-state index is 0.281. The van der Waals surface area contributed by atoms with Crippen LogP contribution in [-0.2, 0) is 41.7 Å². The van der Waals surface area contributed by atoms with Gasteiger partial charge in [-0.2, -0.15) is 0 Å². The fourth-order valence-corrected chi connectivity index (χ4v) is 3.45. The van der Waals surface area contributed by atoms with Crippen LogP contribution in [0.2, 0.25) is 0 Å². The van der Waals surface area contributed by atoms with Crippen molar-refractivity contribution >= 4 is 33.8 Å². The summed E-state index contributed by atoms with van der Waals surface area (Å²) in [5, 5.41) is 0.686. The standard InChI is InChI=1S/C20H27NO5.C8H11NO.C6H9BrO2/c1-4-25-19(22)8-6-14-21(15-7-9-20(23)26-5-2)16-17-10-12-18(24-3)13-11-17;1-10-8-4-2-7(6-9)3-5-8;1-2-9-6(8)4-3-5-7/h6-13H,4-5,14-16H2,1-3H3;2-5H,6,9H2,1H3;3-4H,2,5H2,1H3/b8-6+,9-7+;;4-3+. The third-order valence-corrected chi connectivity index (χ3v) is 5.77. The highest BCUT2D eigenvalue weighted by atomic mass is 79.9. The lowest BCUT2D eigenvalue weighted by atomic mass is 10.2. The number of esters is 3. The van der Waals surface area contributed by atoms with Crippen molar-refractivity contribution in [3.63, 3.8) is 0 Å². The van der Waals surface area contributed by atoms with E-state index in [0.29, 0.717) is 51.3 Å². The minimum atomic E-state index is -0.362. The second kappa shape index (κ2) is 27.6. The van der Waals surface area contributed by atoms with Crippen LogP contribution in [0.1, 0.15) is 31.9 Å². The third kappa shape index (κ3) is 22.3. The number of nitrogens with zero attached hydrogens (tertiary/aromatic N) is 1. The van der Waals surface area contributed by atoms with E-state index < -0.39 is 0 Å². The number of hydrogen-bond donors (Lipinski definition) is 1. The molecule has 0 aliphatic carbocycles. The largest absolute Gasteiger partial charge is 0.497 e. The molecular weight excluding hydrogens is 644 g/mol. The van der Waals surface area contributed by atoms with E-state index in [2.05, 4.69) is 25.6 Å². The van der Waals surface area contributed by atoms with Crippen LogP contribution >= 0.6 is 15.9 Å². The van der Waals surface area contributed by atoms with E-state index in [1.54, 1.807) is 53.2 Å². The first-order valence-electron chi connectivity index (χ1n) is 14.5. The number of hydrogen-bond acceptors (Lipinski definition) is 10. The smallest absolute Gasteiger partial charge is 0.330 e. The van der Waals surface area contributed by atoms with Gasteiger partial charge >= 0.3 is 17.9 Å². The van der Waals surface area contributed by atoms with Crippen molar-refractivity contribution in [2.24, 2.45) is 5.73 Å². The van der Waals surface area contributed by atoms with Gasteiger partial charge in [-0.1, -0.05) is 58.4 Å². The highest BCUT2D eigenvalue weighted by Gasteiger charge is 2.05. The van der Waals surface area contributed by atoms with Gasteiger partial charge in [-0.15, -0.1) is 0 Å². The molecule has 0 fully saturated rings. The van der Waals surface area contributed by atoms with Gasteiger partial charge in [0, 0.05) is 49.7 Å². The quantitative estimate of drug-likeness (QED) is 0.106. The number of nitrogens with two attached hydrogens (primary N) is 1.